The normalized spacial score (nSPS) is 32.4. The van der Waals surface area contributed by atoms with E-state index in [1.807, 2.05) is 0 Å². The molecule has 0 aliphatic carbocycles. The Balaban J connectivity index is 2.24. The van der Waals surface area contributed by atoms with Gasteiger partial charge in [-0.05, 0) is 13.0 Å². The monoisotopic (exact) mass is 338 g/mol. The first-order valence-corrected chi connectivity index (χ1v) is 9.89. The smallest absolute Gasteiger partial charge is 0.247 e. The number of hydrogen-bond acceptors (Lipinski definition) is 7. The molecular formula is C10H14N2O5S3. The fourth-order valence-corrected chi connectivity index (χ4v) is 7.07. The molecule has 0 radical (unpaired) electrons. The Kier molecular flexibility index (Phi) is 3.23. The van der Waals surface area contributed by atoms with Gasteiger partial charge in [-0.15, -0.1) is 11.3 Å². The standard InChI is InChI=1S/C10H14N2O5S3/c1-5-9-8(12-2-3-17-9)6-4-7(20(11,15)16)18-10(6)19(5,13)14/h4-5,8-9,12H,2-3H2,1H3,(H2,11,15,16)/t5-,8+,9+/m0/s1. The van der Waals surface area contributed by atoms with Crippen LogP contribution in [0.1, 0.15) is 18.5 Å². The van der Waals surface area contributed by atoms with Gasteiger partial charge in [0.1, 0.15) is 8.42 Å². The van der Waals surface area contributed by atoms with E-state index in [2.05, 4.69) is 5.32 Å². The van der Waals surface area contributed by atoms with Gasteiger partial charge in [-0.3, -0.25) is 0 Å². The first-order valence-electron chi connectivity index (χ1n) is 5.98. The van der Waals surface area contributed by atoms with Gasteiger partial charge in [0.25, 0.3) is 0 Å². The molecular weight excluding hydrogens is 324 g/mol. The van der Waals surface area contributed by atoms with Crippen LogP contribution in [0.2, 0.25) is 0 Å². The summed E-state index contributed by atoms with van der Waals surface area (Å²) in [5.41, 5.74) is 0.446. The van der Waals surface area contributed by atoms with Gasteiger partial charge in [0.15, 0.2) is 9.84 Å². The molecule has 7 nitrogen and oxygen atoms in total. The van der Waals surface area contributed by atoms with Crippen molar-refractivity contribution in [2.45, 2.75) is 32.7 Å². The Morgan fingerprint density at radius 1 is 1.50 bits per heavy atom. The lowest BCUT2D eigenvalue weighted by atomic mass is 10.0. The van der Waals surface area contributed by atoms with Gasteiger partial charge in [-0.1, -0.05) is 0 Å². The Hall–Kier alpha value is -0.520. The minimum absolute atomic E-state index is 0.0771. The minimum Gasteiger partial charge on any atom is -0.374 e. The Labute approximate surface area is 121 Å². The van der Waals surface area contributed by atoms with Crippen molar-refractivity contribution in [3.63, 3.8) is 0 Å². The second-order valence-electron chi connectivity index (χ2n) is 4.87. The Bertz CT molecular complexity index is 752. The third-order valence-electron chi connectivity index (χ3n) is 3.63. The number of ether oxygens (including phenoxy) is 1. The summed E-state index contributed by atoms with van der Waals surface area (Å²) in [6.07, 6.45) is -0.510. The lowest BCUT2D eigenvalue weighted by molar-refractivity contribution is -0.00696. The lowest BCUT2D eigenvalue weighted by Gasteiger charge is -2.39. The van der Waals surface area contributed by atoms with E-state index in [1.165, 1.54) is 6.07 Å². The van der Waals surface area contributed by atoms with Gasteiger partial charge in [0.2, 0.25) is 10.0 Å². The van der Waals surface area contributed by atoms with Gasteiger partial charge in [0, 0.05) is 12.1 Å². The van der Waals surface area contributed by atoms with Crippen LogP contribution in [0, 0.1) is 0 Å². The summed E-state index contributed by atoms with van der Waals surface area (Å²) in [6.45, 7) is 2.61. The van der Waals surface area contributed by atoms with Crippen molar-refractivity contribution in [2.75, 3.05) is 13.2 Å². The van der Waals surface area contributed by atoms with E-state index in [4.69, 9.17) is 9.88 Å². The highest BCUT2D eigenvalue weighted by atomic mass is 32.3. The maximum absolute atomic E-state index is 12.5. The van der Waals surface area contributed by atoms with Crippen LogP contribution in [0.5, 0.6) is 0 Å². The van der Waals surface area contributed by atoms with Crippen LogP contribution < -0.4 is 10.5 Å². The van der Waals surface area contributed by atoms with E-state index in [1.54, 1.807) is 6.92 Å². The average molecular weight is 338 g/mol. The molecule has 3 rings (SSSR count). The average Bonchev–Trinajstić information content (AvgIpc) is 2.82. The highest BCUT2D eigenvalue weighted by molar-refractivity contribution is 7.95. The maximum atomic E-state index is 12.5. The number of rotatable bonds is 1. The number of fused-ring (bicyclic) bond motifs is 3. The summed E-state index contributed by atoms with van der Waals surface area (Å²) in [5.74, 6) is 0. The van der Waals surface area contributed by atoms with Crippen molar-refractivity contribution < 1.29 is 21.6 Å². The largest absolute Gasteiger partial charge is 0.374 e. The summed E-state index contributed by atoms with van der Waals surface area (Å²) in [6, 6.07) is 1.03. The van der Waals surface area contributed by atoms with Crippen LogP contribution in [0.25, 0.3) is 0 Å². The van der Waals surface area contributed by atoms with Crippen molar-refractivity contribution in [3.05, 3.63) is 11.6 Å². The summed E-state index contributed by atoms with van der Waals surface area (Å²) in [7, 11) is -7.51. The molecule has 0 unspecified atom stereocenters. The molecule has 3 heterocycles. The molecule has 2 aliphatic heterocycles. The third kappa shape index (κ3) is 2.02. The molecule has 0 aromatic carbocycles. The molecule has 20 heavy (non-hydrogen) atoms. The predicted octanol–water partition coefficient (Wildman–Crippen LogP) is -0.399. The van der Waals surface area contributed by atoms with Crippen molar-refractivity contribution in [2.24, 2.45) is 5.14 Å². The molecule has 0 spiro atoms. The minimum atomic E-state index is -3.92. The van der Waals surface area contributed by atoms with Crippen LogP contribution in [0.4, 0.5) is 0 Å². The lowest BCUT2D eigenvalue weighted by Crippen LogP contribution is -2.52. The molecule has 1 aromatic heterocycles. The maximum Gasteiger partial charge on any atom is 0.247 e. The van der Waals surface area contributed by atoms with Gasteiger partial charge in [-0.2, -0.15) is 0 Å². The molecule has 1 fully saturated rings. The van der Waals surface area contributed by atoms with Gasteiger partial charge >= 0.3 is 0 Å². The first-order chi connectivity index (χ1) is 9.23. The zero-order valence-corrected chi connectivity index (χ0v) is 13.0. The number of nitrogens with two attached hydrogens (primary N) is 1. The molecule has 3 N–H and O–H groups in total. The summed E-state index contributed by atoms with van der Waals surface area (Å²) >= 11 is 0.712. The highest BCUT2D eigenvalue weighted by Gasteiger charge is 2.47. The van der Waals surface area contributed by atoms with Crippen LogP contribution in [-0.2, 0) is 24.6 Å². The van der Waals surface area contributed by atoms with E-state index in [0.29, 0.717) is 30.1 Å². The number of hydrogen-bond donors (Lipinski definition) is 2. The van der Waals surface area contributed by atoms with E-state index in [0.717, 1.165) is 0 Å². The number of primary sulfonamides is 1. The van der Waals surface area contributed by atoms with Crippen LogP contribution in [0.3, 0.4) is 0 Å². The van der Waals surface area contributed by atoms with Crippen molar-refractivity contribution in [3.8, 4) is 0 Å². The Morgan fingerprint density at radius 2 is 2.20 bits per heavy atom. The molecule has 0 amide bonds. The number of thiophene rings is 1. The summed E-state index contributed by atoms with van der Waals surface area (Å²) in [4.78, 5) is 0. The fraction of sp³-hybridized carbons (Fsp3) is 0.600. The van der Waals surface area contributed by atoms with Crippen molar-refractivity contribution in [1.82, 2.24) is 5.32 Å². The molecule has 2 aliphatic rings. The van der Waals surface area contributed by atoms with E-state index in [9.17, 15) is 16.8 Å². The first kappa shape index (κ1) is 14.4. The van der Waals surface area contributed by atoms with Gasteiger partial charge in [-0.25, -0.2) is 22.0 Å². The quantitative estimate of drug-likeness (QED) is 0.720. The second-order valence-corrected chi connectivity index (χ2v) is 10.2. The second kappa shape index (κ2) is 4.49. The fourth-order valence-electron chi connectivity index (χ4n) is 2.61. The molecule has 1 saturated heterocycles. The predicted molar refractivity (Wildman–Crippen MR) is 72.8 cm³/mol. The van der Waals surface area contributed by atoms with Gasteiger partial charge < -0.3 is 10.1 Å². The zero-order chi connectivity index (χ0) is 14.7. The van der Waals surface area contributed by atoms with E-state index < -0.39 is 31.2 Å². The SMILES string of the molecule is C[C@H]1[C@H]2OCCN[C@@H]2c2cc(S(N)(=O)=O)sc2S1(=O)=O. The molecule has 3 atom stereocenters. The number of morpholine rings is 1. The van der Waals surface area contributed by atoms with Crippen LogP contribution in [-0.4, -0.2) is 41.3 Å². The molecule has 0 saturated carbocycles. The van der Waals surface area contributed by atoms with Crippen LogP contribution in [0.15, 0.2) is 14.5 Å². The molecule has 0 bridgehead atoms. The molecule has 112 valence electrons. The van der Waals surface area contributed by atoms with Crippen molar-refractivity contribution >= 4 is 31.2 Å². The molecule has 1 aromatic rings. The van der Waals surface area contributed by atoms with Gasteiger partial charge in [0.05, 0.1) is 24.0 Å². The van der Waals surface area contributed by atoms with E-state index >= 15 is 0 Å². The third-order valence-corrected chi connectivity index (χ3v) is 8.95. The number of sulfone groups is 1. The highest BCUT2D eigenvalue weighted by Crippen LogP contribution is 2.44. The van der Waals surface area contributed by atoms with Crippen molar-refractivity contribution in [1.29, 1.82) is 0 Å². The zero-order valence-electron chi connectivity index (χ0n) is 10.6. The molecule has 10 heteroatoms. The summed E-state index contributed by atoms with van der Waals surface area (Å²) in [5, 5.41) is 7.57. The topological polar surface area (TPSA) is 116 Å². The van der Waals surface area contributed by atoms with Crippen LogP contribution >= 0.6 is 11.3 Å². The van der Waals surface area contributed by atoms with E-state index in [-0.39, 0.29) is 14.5 Å². The Morgan fingerprint density at radius 3 is 2.85 bits per heavy atom. The number of nitrogens with one attached hydrogen (secondary N) is 1. The number of sulfonamides is 1. The summed E-state index contributed by atoms with van der Waals surface area (Å²) < 4.78 is 53.3.